The van der Waals surface area contributed by atoms with Gasteiger partial charge < -0.3 is 9.52 Å². The second-order valence-electron chi connectivity index (χ2n) is 5.82. The molecule has 0 bridgehead atoms. The topological polar surface area (TPSA) is 64.1 Å². The zero-order valence-electron chi connectivity index (χ0n) is 13.9. The molecule has 1 aromatic carbocycles. The van der Waals surface area contributed by atoms with Crippen LogP contribution in [0, 0.1) is 0 Å². The summed E-state index contributed by atoms with van der Waals surface area (Å²) in [6.45, 7) is 2.37. The van der Waals surface area contributed by atoms with Crippen LogP contribution in [0.2, 0.25) is 5.02 Å². The van der Waals surface area contributed by atoms with Gasteiger partial charge in [0.15, 0.2) is 11.0 Å². The smallest absolute Gasteiger partial charge is 0.191 e. The van der Waals surface area contributed by atoms with Crippen LogP contribution in [0.25, 0.3) is 11.4 Å². The SMILES string of the molecule is C[C@H](O)CCCSc1nnc(-c2ccc(Cl)cc2)n1Cc1ccco1. The van der Waals surface area contributed by atoms with Crippen molar-refractivity contribution in [3.63, 3.8) is 0 Å². The van der Waals surface area contributed by atoms with E-state index in [0.29, 0.717) is 11.6 Å². The molecule has 0 spiro atoms. The molecule has 0 aliphatic carbocycles. The third-order valence-electron chi connectivity index (χ3n) is 3.71. The van der Waals surface area contributed by atoms with Crippen LogP contribution in [0.1, 0.15) is 25.5 Å². The van der Waals surface area contributed by atoms with Gasteiger partial charge in [-0.1, -0.05) is 23.4 Å². The Hall–Kier alpha value is -1.76. The third-order valence-corrected chi connectivity index (χ3v) is 5.02. The van der Waals surface area contributed by atoms with E-state index in [2.05, 4.69) is 14.8 Å². The van der Waals surface area contributed by atoms with Gasteiger partial charge in [0.05, 0.1) is 18.9 Å². The lowest BCUT2D eigenvalue weighted by Gasteiger charge is -2.09. The highest BCUT2D eigenvalue weighted by Crippen LogP contribution is 2.27. The molecule has 2 heterocycles. The highest BCUT2D eigenvalue weighted by molar-refractivity contribution is 7.99. The fraction of sp³-hybridized carbons (Fsp3) is 0.333. The van der Waals surface area contributed by atoms with Crippen molar-refractivity contribution < 1.29 is 9.52 Å². The standard InChI is InChI=1S/C18H20ClN3O2S/c1-13(23)4-3-11-25-18-21-20-17(14-6-8-15(19)9-7-14)22(18)12-16-5-2-10-24-16/h2,5-10,13,23H,3-4,11-12H2,1H3/t13-/m0/s1. The zero-order valence-corrected chi connectivity index (χ0v) is 15.5. The molecule has 3 aromatic rings. The molecule has 0 radical (unpaired) electrons. The molecule has 25 heavy (non-hydrogen) atoms. The largest absolute Gasteiger partial charge is 0.467 e. The Morgan fingerprint density at radius 3 is 2.72 bits per heavy atom. The summed E-state index contributed by atoms with van der Waals surface area (Å²) in [5.74, 6) is 2.51. The normalized spacial score (nSPS) is 12.4. The molecule has 132 valence electrons. The number of hydrogen-bond donors (Lipinski definition) is 1. The highest BCUT2D eigenvalue weighted by Gasteiger charge is 2.16. The number of aliphatic hydroxyl groups is 1. The quantitative estimate of drug-likeness (QED) is 0.462. The summed E-state index contributed by atoms with van der Waals surface area (Å²) in [5.41, 5.74) is 0.958. The monoisotopic (exact) mass is 377 g/mol. The number of benzene rings is 1. The van der Waals surface area contributed by atoms with E-state index in [0.717, 1.165) is 40.9 Å². The number of aliphatic hydroxyl groups excluding tert-OH is 1. The molecule has 0 aliphatic rings. The fourth-order valence-electron chi connectivity index (χ4n) is 2.45. The van der Waals surface area contributed by atoms with Gasteiger partial charge in [-0.05, 0) is 56.2 Å². The Morgan fingerprint density at radius 2 is 2.04 bits per heavy atom. The molecule has 0 saturated heterocycles. The number of thioether (sulfide) groups is 1. The molecule has 0 amide bonds. The van der Waals surface area contributed by atoms with E-state index in [9.17, 15) is 5.11 Å². The van der Waals surface area contributed by atoms with Crippen molar-refractivity contribution in [2.45, 2.75) is 37.6 Å². The highest BCUT2D eigenvalue weighted by atomic mass is 35.5. The minimum Gasteiger partial charge on any atom is -0.467 e. The zero-order chi connectivity index (χ0) is 17.6. The molecule has 3 rings (SSSR count). The van der Waals surface area contributed by atoms with E-state index >= 15 is 0 Å². The molecular weight excluding hydrogens is 358 g/mol. The van der Waals surface area contributed by atoms with E-state index in [1.54, 1.807) is 18.0 Å². The van der Waals surface area contributed by atoms with Crippen LogP contribution in [0.15, 0.2) is 52.2 Å². The average Bonchev–Trinajstić information content (AvgIpc) is 3.23. The lowest BCUT2D eigenvalue weighted by molar-refractivity contribution is 0.184. The summed E-state index contributed by atoms with van der Waals surface area (Å²) in [6, 6.07) is 11.4. The van der Waals surface area contributed by atoms with Gasteiger partial charge in [0.1, 0.15) is 5.76 Å². The lowest BCUT2D eigenvalue weighted by Crippen LogP contribution is -2.04. The van der Waals surface area contributed by atoms with Gasteiger partial charge in [0.2, 0.25) is 0 Å². The summed E-state index contributed by atoms with van der Waals surface area (Å²) in [7, 11) is 0. The van der Waals surface area contributed by atoms with E-state index in [-0.39, 0.29) is 6.10 Å². The Kier molecular flexibility index (Phi) is 6.18. The average molecular weight is 378 g/mol. The summed E-state index contributed by atoms with van der Waals surface area (Å²) in [6.07, 6.45) is 3.10. The molecule has 0 aliphatic heterocycles. The molecular formula is C18H20ClN3O2S. The molecule has 7 heteroatoms. The van der Waals surface area contributed by atoms with Crippen LogP contribution in [0.4, 0.5) is 0 Å². The molecule has 2 aromatic heterocycles. The van der Waals surface area contributed by atoms with Crippen molar-refractivity contribution in [1.82, 2.24) is 14.8 Å². The van der Waals surface area contributed by atoms with Crippen molar-refractivity contribution in [2.24, 2.45) is 0 Å². The van der Waals surface area contributed by atoms with Crippen LogP contribution in [0.5, 0.6) is 0 Å². The van der Waals surface area contributed by atoms with Crippen LogP contribution in [-0.4, -0.2) is 31.7 Å². The van der Waals surface area contributed by atoms with Crippen molar-refractivity contribution >= 4 is 23.4 Å². The maximum atomic E-state index is 9.38. The first-order valence-electron chi connectivity index (χ1n) is 8.16. The second-order valence-corrected chi connectivity index (χ2v) is 7.32. The van der Waals surface area contributed by atoms with Crippen LogP contribution in [-0.2, 0) is 6.54 Å². The molecule has 1 N–H and O–H groups in total. The van der Waals surface area contributed by atoms with E-state index < -0.39 is 0 Å². The second kappa shape index (κ2) is 8.56. The van der Waals surface area contributed by atoms with Crippen molar-refractivity contribution in [3.8, 4) is 11.4 Å². The molecule has 0 fully saturated rings. The molecule has 1 atom stereocenters. The van der Waals surface area contributed by atoms with Crippen LogP contribution in [0.3, 0.4) is 0 Å². The Labute approximate surface area is 156 Å². The van der Waals surface area contributed by atoms with Gasteiger partial charge in [-0.2, -0.15) is 0 Å². The van der Waals surface area contributed by atoms with Gasteiger partial charge in [0, 0.05) is 16.3 Å². The Bertz CT molecular complexity index is 785. The first kappa shape index (κ1) is 18.0. The number of halogens is 1. The van der Waals surface area contributed by atoms with E-state index in [1.807, 2.05) is 43.3 Å². The summed E-state index contributed by atoms with van der Waals surface area (Å²) in [5, 5.41) is 19.6. The summed E-state index contributed by atoms with van der Waals surface area (Å²) < 4.78 is 7.54. The summed E-state index contributed by atoms with van der Waals surface area (Å²) >= 11 is 7.63. The van der Waals surface area contributed by atoms with Gasteiger partial charge in [0.25, 0.3) is 0 Å². The molecule has 5 nitrogen and oxygen atoms in total. The van der Waals surface area contributed by atoms with Crippen molar-refractivity contribution in [1.29, 1.82) is 0 Å². The minimum atomic E-state index is -0.272. The van der Waals surface area contributed by atoms with Gasteiger partial charge in [-0.15, -0.1) is 10.2 Å². The maximum absolute atomic E-state index is 9.38. The van der Waals surface area contributed by atoms with Crippen molar-refractivity contribution in [3.05, 3.63) is 53.4 Å². The van der Waals surface area contributed by atoms with Gasteiger partial charge in [-0.3, -0.25) is 4.57 Å². The summed E-state index contributed by atoms with van der Waals surface area (Å²) in [4.78, 5) is 0. The Balaban J connectivity index is 1.83. The van der Waals surface area contributed by atoms with Gasteiger partial charge in [-0.25, -0.2) is 0 Å². The predicted octanol–water partition coefficient (Wildman–Crippen LogP) is 4.49. The Morgan fingerprint density at radius 1 is 1.24 bits per heavy atom. The number of hydrogen-bond acceptors (Lipinski definition) is 5. The van der Waals surface area contributed by atoms with E-state index in [4.69, 9.17) is 16.0 Å². The lowest BCUT2D eigenvalue weighted by atomic mass is 10.2. The first-order valence-corrected chi connectivity index (χ1v) is 9.52. The third kappa shape index (κ3) is 4.87. The maximum Gasteiger partial charge on any atom is 0.191 e. The van der Waals surface area contributed by atoms with Gasteiger partial charge >= 0.3 is 0 Å². The molecule has 0 unspecified atom stereocenters. The number of rotatable bonds is 8. The number of aromatic nitrogens is 3. The molecule has 0 saturated carbocycles. The van der Waals surface area contributed by atoms with Crippen molar-refractivity contribution in [2.75, 3.05) is 5.75 Å². The minimum absolute atomic E-state index is 0.272. The van der Waals surface area contributed by atoms with E-state index in [1.165, 1.54) is 0 Å². The number of nitrogens with zero attached hydrogens (tertiary/aromatic N) is 3. The fourth-order valence-corrected chi connectivity index (χ4v) is 3.48. The van der Waals surface area contributed by atoms with Crippen LogP contribution >= 0.6 is 23.4 Å². The predicted molar refractivity (Wildman–Crippen MR) is 99.9 cm³/mol. The van der Waals surface area contributed by atoms with Crippen LogP contribution < -0.4 is 0 Å². The number of furan rings is 1. The first-order chi connectivity index (χ1) is 12.1.